The fraction of sp³-hybridized carbons (Fsp3) is 0.533. The average molecular weight is 246 g/mol. The van der Waals surface area contributed by atoms with E-state index in [2.05, 4.69) is 11.8 Å². The molecule has 18 heavy (non-hydrogen) atoms. The molecule has 1 saturated carbocycles. The Labute approximate surface area is 108 Å². The second-order valence-corrected chi connectivity index (χ2v) is 4.89. The van der Waals surface area contributed by atoms with Crippen LogP contribution in [-0.4, -0.2) is 12.6 Å². The fourth-order valence-electron chi connectivity index (χ4n) is 2.85. The van der Waals surface area contributed by atoms with E-state index < -0.39 is 0 Å². The molecule has 3 heteroatoms. The second kappa shape index (κ2) is 5.86. The number of benzene rings is 1. The monoisotopic (exact) mass is 246 g/mol. The summed E-state index contributed by atoms with van der Waals surface area (Å²) in [6.07, 6.45) is 6.16. The lowest BCUT2D eigenvalue weighted by atomic mass is 9.93. The van der Waals surface area contributed by atoms with Gasteiger partial charge in [-0.1, -0.05) is 19.3 Å². The quantitative estimate of drug-likeness (QED) is 0.809. The minimum Gasteiger partial charge on any atom is -0.369 e. The summed E-state index contributed by atoms with van der Waals surface area (Å²) in [6.45, 7) is 2.95. The second-order valence-electron chi connectivity index (χ2n) is 4.89. The zero-order chi connectivity index (χ0) is 13.0. The van der Waals surface area contributed by atoms with E-state index in [0.717, 1.165) is 12.2 Å². The van der Waals surface area contributed by atoms with Crippen LogP contribution in [0.15, 0.2) is 18.2 Å². The van der Waals surface area contributed by atoms with Crippen LogP contribution >= 0.6 is 0 Å². The van der Waals surface area contributed by atoms with Crippen LogP contribution in [-0.2, 0) is 0 Å². The standard InChI is InChI=1S/C15H19FN2/c1-2-18(14-6-4-3-5-7-14)15-9-12(11-17)8-13(16)10-15/h8-10,14H,2-7H2,1H3. The molecule has 0 N–H and O–H groups in total. The largest absolute Gasteiger partial charge is 0.369 e. The van der Waals surface area contributed by atoms with Crippen molar-refractivity contribution in [2.75, 3.05) is 11.4 Å². The minimum absolute atomic E-state index is 0.321. The van der Waals surface area contributed by atoms with E-state index in [0.29, 0.717) is 11.6 Å². The highest BCUT2D eigenvalue weighted by molar-refractivity contribution is 5.52. The van der Waals surface area contributed by atoms with Gasteiger partial charge in [0.05, 0.1) is 11.6 Å². The number of anilines is 1. The molecule has 2 nitrogen and oxygen atoms in total. The number of nitrogens with zero attached hydrogens (tertiary/aromatic N) is 2. The third-order valence-electron chi connectivity index (χ3n) is 3.70. The van der Waals surface area contributed by atoms with Crippen LogP contribution in [0.25, 0.3) is 0 Å². The molecule has 1 fully saturated rings. The van der Waals surface area contributed by atoms with E-state index in [1.54, 1.807) is 12.1 Å². The summed E-state index contributed by atoms with van der Waals surface area (Å²) < 4.78 is 13.5. The van der Waals surface area contributed by atoms with Gasteiger partial charge in [-0.15, -0.1) is 0 Å². The molecule has 1 aliphatic rings. The van der Waals surface area contributed by atoms with Gasteiger partial charge in [0.2, 0.25) is 0 Å². The van der Waals surface area contributed by atoms with Gasteiger partial charge in [-0.25, -0.2) is 4.39 Å². The number of halogens is 1. The molecule has 0 heterocycles. The number of hydrogen-bond acceptors (Lipinski definition) is 2. The van der Waals surface area contributed by atoms with E-state index in [1.165, 1.54) is 38.2 Å². The summed E-state index contributed by atoms with van der Waals surface area (Å²) in [4.78, 5) is 2.24. The highest BCUT2D eigenvalue weighted by atomic mass is 19.1. The van der Waals surface area contributed by atoms with Gasteiger partial charge in [0.25, 0.3) is 0 Å². The van der Waals surface area contributed by atoms with Gasteiger partial charge in [-0.2, -0.15) is 5.26 Å². The summed E-state index contributed by atoms with van der Waals surface area (Å²) in [5.74, 6) is -0.321. The molecule has 0 aromatic heterocycles. The molecule has 0 spiro atoms. The van der Waals surface area contributed by atoms with E-state index in [4.69, 9.17) is 5.26 Å². The Hall–Kier alpha value is -1.56. The first-order valence-electron chi connectivity index (χ1n) is 6.72. The predicted molar refractivity (Wildman–Crippen MR) is 71.0 cm³/mol. The van der Waals surface area contributed by atoms with Gasteiger partial charge in [0.1, 0.15) is 5.82 Å². The van der Waals surface area contributed by atoms with Crippen LogP contribution in [0.2, 0.25) is 0 Å². The Balaban J connectivity index is 2.26. The van der Waals surface area contributed by atoms with Crippen molar-refractivity contribution in [2.45, 2.75) is 45.1 Å². The van der Waals surface area contributed by atoms with E-state index in [1.807, 2.05) is 6.07 Å². The van der Waals surface area contributed by atoms with E-state index >= 15 is 0 Å². The van der Waals surface area contributed by atoms with Gasteiger partial charge in [-0.3, -0.25) is 0 Å². The van der Waals surface area contributed by atoms with E-state index in [-0.39, 0.29) is 5.82 Å². The molecule has 1 aromatic carbocycles. The van der Waals surface area contributed by atoms with Crippen molar-refractivity contribution in [3.63, 3.8) is 0 Å². The average Bonchev–Trinajstić information content (AvgIpc) is 2.40. The molecule has 1 aromatic rings. The summed E-state index contributed by atoms with van der Waals surface area (Å²) in [5.41, 5.74) is 1.25. The zero-order valence-electron chi connectivity index (χ0n) is 10.8. The van der Waals surface area contributed by atoms with Crippen molar-refractivity contribution in [2.24, 2.45) is 0 Å². The summed E-state index contributed by atoms with van der Waals surface area (Å²) >= 11 is 0. The Morgan fingerprint density at radius 1 is 1.28 bits per heavy atom. The smallest absolute Gasteiger partial charge is 0.126 e. The van der Waals surface area contributed by atoms with Gasteiger partial charge in [0, 0.05) is 18.3 Å². The molecule has 0 aliphatic heterocycles. The first-order valence-corrected chi connectivity index (χ1v) is 6.72. The van der Waals surface area contributed by atoms with Crippen LogP contribution in [0.4, 0.5) is 10.1 Å². The molecule has 0 radical (unpaired) electrons. The molecule has 0 atom stereocenters. The molecule has 0 amide bonds. The number of nitriles is 1. The first kappa shape index (κ1) is 12.9. The maximum absolute atomic E-state index is 13.5. The highest BCUT2D eigenvalue weighted by Crippen LogP contribution is 2.28. The summed E-state index contributed by atoms with van der Waals surface area (Å²) in [6, 6.07) is 7.14. The lowest BCUT2D eigenvalue weighted by molar-refractivity contribution is 0.418. The number of rotatable bonds is 3. The van der Waals surface area contributed by atoms with Gasteiger partial charge >= 0.3 is 0 Å². The van der Waals surface area contributed by atoms with Crippen LogP contribution in [0, 0.1) is 17.1 Å². The fourth-order valence-corrected chi connectivity index (χ4v) is 2.85. The molecule has 2 rings (SSSR count). The normalized spacial score (nSPS) is 16.3. The van der Waals surface area contributed by atoms with Gasteiger partial charge in [0.15, 0.2) is 0 Å². The Kier molecular flexibility index (Phi) is 4.19. The molecular weight excluding hydrogens is 227 g/mol. The number of hydrogen-bond donors (Lipinski definition) is 0. The Morgan fingerprint density at radius 2 is 2.00 bits per heavy atom. The van der Waals surface area contributed by atoms with Gasteiger partial charge < -0.3 is 4.90 Å². The lowest BCUT2D eigenvalue weighted by Gasteiger charge is -2.35. The molecular formula is C15H19FN2. The molecule has 96 valence electrons. The third kappa shape index (κ3) is 2.81. The zero-order valence-corrected chi connectivity index (χ0v) is 10.8. The maximum atomic E-state index is 13.5. The minimum atomic E-state index is -0.321. The Bertz CT molecular complexity index is 444. The SMILES string of the molecule is CCN(c1cc(F)cc(C#N)c1)C1CCCCC1. The molecule has 0 unspecified atom stereocenters. The van der Waals surface area contributed by atoms with Crippen molar-refractivity contribution in [1.29, 1.82) is 5.26 Å². The molecule has 0 saturated heterocycles. The summed E-state index contributed by atoms with van der Waals surface area (Å²) in [5, 5.41) is 8.92. The highest BCUT2D eigenvalue weighted by Gasteiger charge is 2.20. The van der Waals surface area contributed by atoms with Crippen molar-refractivity contribution >= 4 is 5.69 Å². The van der Waals surface area contributed by atoms with Crippen molar-refractivity contribution in [3.05, 3.63) is 29.6 Å². The van der Waals surface area contributed by atoms with E-state index in [9.17, 15) is 4.39 Å². The van der Waals surface area contributed by atoms with Crippen LogP contribution in [0.3, 0.4) is 0 Å². The van der Waals surface area contributed by atoms with Crippen LogP contribution < -0.4 is 4.90 Å². The van der Waals surface area contributed by atoms with Crippen molar-refractivity contribution in [1.82, 2.24) is 0 Å². The van der Waals surface area contributed by atoms with Gasteiger partial charge in [-0.05, 0) is 38.0 Å². The third-order valence-corrected chi connectivity index (χ3v) is 3.70. The topological polar surface area (TPSA) is 27.0 Å². The molecule has 0 bridgehead atoms. The molecule has 1 aliphatic carbocycles. The van der Waals surface area contributed by atoms with Crippen LogP contribution in [0.1, 0.15) is 44.6 Å². The maximum Gasteiger partial charge on any atom is 0.126 e. The first-order chi connectivity index (χ1) is 8.74. The predicted octanol–water partition coefficient (Wildman–Crippen LogP) is 3.86. The Morgan fingerprint density at radius 3 is 2.61 bits per heavy atom. The lowest BCUT2D eigenvalue weighted by Crippen LogP contribution is -2.36. The summed E-state index contributed by atoms with van der Waals surface area (Å²) in [7, 11) is 0. The van der Waals surface area contributed by atoms with Crippen molar-refractivity contribution < 1.29 is 4.39 Å². The van der Waals surface area contributed by atoms with Crippen molar-refractivity contribution in [3.8, 4) is 6.07 Å². The van der Waals surface area contributed by atoms with Crippen LogP contribution in [0.5, 0.6) is 0 Å².